The molecule has 0 radical (unpaired) electrons. The molecule has 7 rings (SSSR count). The lowest BCUT2D eigenvalue weighted by Crippen LogP contribution is -2.50. The van der Waals surface area contributed by atoms with Gasteiger partial charge in [0.05, 0.1) is 27.6 Å². The minimum atomic E-state index is -0.646. The number of hydrogen-bond donors (Lipinski definition) is 0. The molecule has 0 saturated heterocycles. The van der Waals surface area contributed by atoms with E-state index in [4.69, 9.17) is 4.98 Å². The van der Waals surface area contributed by atoms with Gasteiger partial charge in [0.25, 0.3) is 0 Å². The fourth-order valence-corrected chi connectivity index (χ4v) is 5.98. The molecule has 0 amide bonds. The fraction of sp³-hybridized carbons (Fsp3) is 0.194. The molecule has 2 aromatic heterocycles. The number of para-hydroxylation sites is 2. The molecule has 0 unspecified atom stereocenters. The smallest absolute Gasteiger partial charge is 0.212 e. The first kappa shape index (κ1) is 22.0. The number of fused-ring (bicyclic) bond motifs is 6. The van der Waals surface area contributed by atoms with Crippen molar-refractivity contribution in [1.29, 1.82) is 0 Å². The largest absolute Gasteiger partial charge is 0.309 e. The molecule has 1 aliphatic rings. The molecule has 4 aromatic carbocycles. The van der Waals surface area contributed by atoms with E-state index < -0.39 is 22.7 Å². The van der Waals surface area contributed by atoms with Crippen LogP contribution >= 0.6 is 0 Å². The number of hydrogen-bond acceptors (Lipinski definition) is 2. The maximum atomic E-state index is 14.8. The number of nitrogens with zero attached hydrogens (tertiary/aromatic N) is 4. The highest BCUT2D eigenvalue weighted by molar-refractivity contribution is 6.10. The topological polar surface area (TPSA) is 26.0 Å². The van der Waals surface area contributed by atoms with Gasteiger partial charge in [-0.3, -0.25) is 0 Å². The van der Waals surface area contributed by atoms with Crippen molar-refractivity contribution in [2.75, 3.05) is 4.90 Å². The first-order chi connectivity index (χ1) is 17.7. The standard InChI is InChI=1S/C31H26F2N4/c1-30(2)31(3,4)37-27-17-19(32)16-24(33)28(27)34-29(37)36(30)21-14-15-26-23(18-21)22-12-8-9-13-25(22)35(26)20-10-6-5-7-11-20/h5-18H,1-4H3. The van der Waals surface area contributed by atoms with Gasteiger partial charge >= 0.3 is 0 Å². The first-order valence-corrected chi connectivity index (χ1v) is 12.5. The van der Waals surface area contributed by atoms with Gasteiger partial charge in [-0.25, -0.2) is 13.8 Å². The average Bonchev–Trinajstić information content (AvgIpc) is 3.45. The molecule has 37 heavy (non-hydrogen) atoms. The molecule has 0 bridgehead atoms. The molecule has 0 aliphatic carbocycles. The van der Waals surface area contributed by atoms with Crippen LogP contribution in [0.15, 0.2) is 84.9 Å². The molecule has 0 fully saturated rings. The lowest BCUT2D eigenvalue weighted by atomic mass is 9.82. The van der Waals surface area contributed by atoms with Crippen LogP contribution in [0.25, 0.3) is 38.5 Å². The van der Waals surface area contributed by atoms with Gasteiger partial charge in [-0.15, -0.1) is 0 Å². The van der Waals surface area contributed by atoms with Crippen LogP contribution in [-0.4, -0.2) is 19.7 Å². The van der Waals surface area contributed by atoms with E-state index in [0.717, 1.165) is 39.2 Å². The zero-order chi connectivity index (χ0) is 25.7. The minimum absolute atomic E-state index is 0.187. The van der Waals surface area contributed by atoms with E-state index in [2.05, 4.69) is 91.8 Å². The van der Waals surface area contributed by atoms with Crippen molar-refractivity contribution in [1.82, 2.24) is 14.1 Å². The van der Waals surface area contributed by atoms with Crippen molar-refractivity contribution >= 4 is 44.5 Å². The SMILES string of the molecule is CC1(C)N(c2ccc3c(c2)c2ccccc2n3-c2ccccc2)c2nc3c(F)cc(F)cc3n2C1(C)C. The summed E-state index contributed by atoms with van der Waals surface area (Å²) >= 11 is 0. The van der Waals surface area contributed by atoms with Crippen molar-refractivity contribution in [2.24, 2.45) is 0 Å². The second-order valence-electron chi connectivity index (χ2n) is 10.8. The van der Waals surface area contributed by atoms with Crippen molar-refractivity contribution < 1.29 is 8.78 Å². The van der Waals surface area contributed by atoms with Crippen LogP contribution in [0.1, 0.15) is 27.7 Å². The highest BCUT2D eigenvalue weighted by Gasteiger charge is 2.53. The molecule has 0 N–H and O–H groups in total. The van der Waals surface area contributed by atoms with Gasteiger partial charge < -0.3 is 14.0 Å². The summed E-state index contributed by atoms with van der Waals surface area (Å²) < 4.78 is 33.3. The summed E-state index contributed by atoms with van der Waals surface area (Å²) in [6.07, 6.45) is 0. The Kier molecular flexibility index (Phi) is 4.28. The number of aromatic nitrogens is 3. The maximum Gasteiger partial charge on any atom is 0.212 e. The Morgan fingerprint density at radius 3 is 2.14 bits per heavy atom. The van der Waals surface area contributed by atoms with Gasteiger partial charge in [-0.05, 0) is 64.1 Å². The number of benzene rings is 4. The summed E-state index contributed by atoms with van der Waals surface area (Å²) in [6.45, 7) is 8.50. The van der Waals surface area contributed by atoms with E-state index in [9.17, 15) is 8.78 Å². The van der Waals surface area contributed by atoms with E-state index in [1.54, 1.807) is 0 Å². The van der Waals surface area contributed by atoms with E-state index in [0.29, 0.717) is 11.5 Å². The van der Waals surface area contributed by atoms with E-state index in [1.807, 2.05) is 22.8 Å². The van der Waals surface area contributed by atoms with Gasteiger partial charge in [0.2, 0.25) is 5.95 Å². The lowest BCUT2D eigenvalue weighted by molar-refractivity contribution is 0.253. The Balaban J connectivity index is 1.52. The maximum absolute atomic E-state index is 14.8. The van der Waals surface area contributed by atoms with Crippen LogP contribution in [0, 0.1) is 11.6 Å². The van der Waals surface area contributed by atoms with Gasteiger partial charge in [0.15, 0.2) is 5.82 Å². The van der Waals surface area contributed by atoms with Gasteiger partial charge in [-0.2, -0.15) is 0 Å². The van der Waals surface area contributed by atoms with Crippen molar-refractivity contribution in [3.63, 3.8) is 0 Å². The molecule has 6 aromatic rings. The first-order valence-electron chi connectivity index (χ1n) is 12.5. The van der Waals surface area contributed by atoms with Crippen molar-refractivity contribution in [2.45, 2.75) is 38.8 Å². The average molecular weight is 493 g/mol. The Bertz CT molecular complexity index is 1860. The number of imidazole rings is 1. The fourth-order valence-electron chi connectivity index (χ4n) is 5.98. The Labute approximate surface area is 213 Å². The third-order valence-electron chi connectivity index (χ3n) is 8.40. The quantitative estimate of drug-likeness (QED) is 0.244. The van der Waals surface area contributed by atoms with E-state index >= 15 is 0 Å². The highest BCUT2D eigenvalue weighted by Crippen LogP contribution is 2.52. The van der Waals surface area contributed by atoms with Crippen LogP contribution < -0.4 is 4.90 Å². The number of anilines is 2. The molecular formula is C31H26F2N4. The zero-order valence-corrected chi connectivity index (χ0v) is 21.1. The third-order valence-corrected chi connectivity index (χ3v) is 8.40. The molecular weight excluding hydrogens is 466 g/mol. The van der Waals surface area contributed by atoms with Crippen molar-refractivity contribution in [3.8, 4) is 5.69 Å². The highest BCUT2D eigenvalue weighted by atomic mass is 19.1. The second kappa shape index (κ2) is 7.19. The summed E-state index contributed by atoms with van der Waals surface area (Å²) in [7, 11) is 0. The van der Waals surface area contributed by atoms with E-state index in [1.165, 1.54) is 6.07 Å². The predicted octanol–water partition coefficient (Wildman–Crippen LogP) is 8.08. The molecule has 0 spiro atoms. The van der Waals surface area contributed by atoms with Gasteiger partial charge in [-0.1, -0.05) is 36.4 Å². The van der Waals surface area contributed by atoms with Crippen LogP contribution in [0.3, 0.4) is 0 Å². The van der Waals surface area contributed by atoms with Crippen LogP contribution in [-0.2, 0) is 5.54 Å². The molecule has 1 aliphatic heterocycles. The zero-order valence-electron chi connectivity index (χ0n) is 21.1. The second-order valence-corrected chi connectivity index (χ2v) is 10.8. The summed E-state index contributed by atoms with van der Waals surface area (Å²) in [5, 5.41) is 2.28. The minimum Gasteiger partial charge on any atom is -0.309 e. The lowest BCUT2D eigenvalue weighted by Gasteiger charge is -2.41. The van der Waals surface area contributed by atoms with E-state index in [-0.39, 0.29) is 5.52 Å². The molecule has 184 valence electrons. The van der Waals surface area contributed by atoms with Gasteiger partial charge in [0, 0.05) is 34.3 Å². The van der Waals surface area contributed by atoms with Crippen LogP contribution in [0.5, 0.6) is 0 Å². The summed E-state index contributed by atoms with van der Waals surface area (Å²) in [4.78, 5) is 6.89. The molecule has 3 heterocycles. The monoisotopic (exact) mass is 492 g/mol. The molecule has 0 atom stereocenters. The summed E-state index contributed by atoms with van der Waals surface area (Å²) in [6, 6.07) is 27.5. The third kappa shape index (κ3) is 2.78. The molecule has 0 saturated carbocycles. The Morgan fingerprint density at radius 2 is 1.35 bits per heavy atom. The Morgan fingerprint density at radius 1 is 0.649 bits per heavy atom. The van der Waals surface area contributed by atoms with Gasteiger partial charge in [0.1, 0.15) is 11.3 Å². The normalized spacial score (nSPS) is 16.2. The van der Waals surface area contributed by atoms with Crippen LogP contribution in [0.4, 0.5) is 20.4 Å². The Hall–Kier alpha value is -4.19. The molecule has 6 heteroatoms. The summed E-state index contributed by atoms with van der Waals surface area (Å²) in [5.74, 6) is -0.637. The van der Waals surface area contributed by atoms with Crippen LogP contribution in [0.2, 0.25) is 0 Å². The number of halogens is 2. The molecule has 4 nitrogen and oxygen atoms in total. The van der Waals surface area contributed by atoms with Crippen molar-refractivity contribution in [3.05, 3.63) is 96.6 Å². The summed E-state index contributed by atoms with van der Waals surface area (Å²) in [5.41, 5.74) is 4.02. The number of rotatable bonds is 2. The predicted molar refractivity (Wildman–Crippen MR) is 146 cm³/mol.